The van der Waals surface area contributed by atoms with Gasteiger partial charge in [-0.25, -0.2) is 17.9 Å². The van der Waals surface area contributed by atoms with Crippen molar-refractivity contribution in [1.82, 2.24) is 24.5 Å². The van der Waals surface area contributed by atoms with Gasteiger partial charge in [0.15, 0.2) is 16.4 Å². The number of amides is 1. The second-order valence-corrected chi connectivity index (χ2v) is 11.0. The van der Waals surface area contributed by atoms with E-state index in [4.69, 9.17) is 4.74 Å². The van der Waals surface area contributed by atoms with E-state index in [1.165, 1.54) is 11.8 Å². The average Bonchev–Trinajstić information content (AvgIpc) is 3.32. The molecule has 2 aromatic heterocycles. The van der Waals surface area contributed by atoms with Gasteiger partial charge in [0.25, 0.3) is 11.7 Å². The first-order valence-corrected chi connectivity index (χ1v) is 13.5. The van der Waals surface area contributed by atoms with Crippen molar-refractivity contribution in [3.8, 4) is 0 Å². The van der Waals surface area contributed by atoms with Crippen LogP contribution in [-0.2, 0) is 30.6 Å². The molecule has 0 aliphatic carbocycles. The topological polar surface area (TPSA) is 124 Å². The molecular formula is C20H29N5O5S2. The third-order valence-corrected chi connectivity index (χ3v) is 8.13. The molecule has 3 heterocycles. The Morgan fingerprint density at radius 2 is 2.03 bits per heavy atom. The molecular weight excluding hydrogens is 454 g/mol. The summed E-state index contributed by atoms with van der Waals surface area (Å²) in [6.07, 6.45) is 2.90. The van der Waals surface area contributed by atoms with Crippen molar-refractivity contribution in [1.29, 1.82) is 0 Å². The quantitative estimate of drug-likeness (QED) is 0.404. The molecule has 0 unspecified atom stereocenters. The van der Waals surface area contributed by atoms with Crippen LogP contribution in [0.5, 0.6) is 0 Å². The summed E-state index contributed by atoms with van der Waals surface area (Å²) in [6.45, 7) is 7.01. The normalized spacial score (nSPS) is 18.6. The lowest BCUT2D eigenvalue weighted by Crippen LogP contribution is -2.48. The largest absolute Gasteiger partial charge is 0.455 e. The molecule has 3 rings (SSSR count). The van der Waals surface area contributed by atoms with Crippen LogP contribution in [0.3, 0.4) is 0 Å². The summed E-state index contributed by atoms with van der Waals surface area (Å²) in [4.78, 5) is 35.7. The molecule has 176 valence electrons. The molecule has 2 atom stereocenters. The Hall–Kier alpha value is -2.21. The molecule has 1 saturated heterocycles. The van der Waals surface area contributed by atoms with E-state index in [9.17, 15) is 18.0 Å². The summed E-state index contributed by atoms with van der Waals surface area (Å²) in [6, 6.07) is -0.524. The number of nitrogens with zero attached hydrogens (tertiary/aromatic N) is 5. The predicted molar refractivity (Wildman–Crippen MR) is 120 cm³/mol. The molecule has 1 fully saturated rings. The van der Waals surface area contributed by atoms with Crippen LogP contribution in [-0.4, -0.2) is 81.2 Å². The summed E-state index contributed by atoms with van der Waals surface area (Å²) in [5.41, 5.74) is 2.06. The van der Waals surface area contributed by atoms with Crippen molar-refractivity contribution in [3.63, 3.8) is 0 Å². The van der Waals surface area contributed by atoms with Crippen molar-refractivity contribution in [2.45, 2.75) is 64.2 Å². The average molecular weight is 484 g/mol. The van der Waals surface area contributed by atoms with Crippen LogP contribution in [0.1, 0.15) is 43.6 Å². The Kier molecular flexibility index (Phi) is 7.43. The van der Waals surface area contributed by atoms with Gasteiger partial charge in [0, 0.05) is 29.0 Å². The van der Waals surface area contributed by atoms with E-state index in [2.05, 4.69) is 15.1 Å². The number of hydrogen-bond acceptors (Lipinski definition) is 9. The number of carbonyl (C=O) groups is 2. The fraction of sp³-hybridized carbons (Fsp3) is 0.650. The lowest BCUT2D eigenvalue weighted by molar-refractivity contribution is -0.153. The van der Waals surface area contributed by atoms with Crippen LogP contribution in [0.25, 0.3) is 5.78 Å². The lowest BCUT2D eigenvalue weighted by atomic mass is 10.1. The van der Waals surface area contributed by atoms with Gasteiger partial charge in [-0.2, -0.15) is 4.98 Å². The second kappa shape index (κ2) is 9.74. The molecule has 1 aliphatic rings. The van der Waals surface area contributed by atoms with Crippen LogP contribution in [0.2, 0.25) is 0 Å². The highest BCUT2D eigenvalue weighted by atomic mass is 32.2. The summed E-state index contributed by atoms with van der Waals surface area (Å²) in [5.74, 6) is -0.437. The molecule has 0 bridgehead atoms. The first kappa shape index (κ1) is 24.4. The maximum absolute atomic E-state index is 12.9. The number of aryl methyl sites for hydroxylation is 2. The van der Waals surface area contributed by atoms with Gasteiger partial charge in [0.05, 0.1) is 17.9 Å². The minimum atomic E-state index is -3.14. The van der Waals surface area contributed by atoms with E-state index in [1.54, 1.807) is 16.3 Å². The Morgan fingerprint density at radius 1 is 1.31 bits per heavy atom. The van der Waals surface area contributed by atoms with E-state index in [1.807, 2.05) is 27.0 Å². The van der Waals surface area contributed by atoms with Gasteiger partial charge < -0.3 is 9.64 Å². The maximum atomic E-state index is 12.9. The number of ether oxygens (including phenoxy) is 1. The molecule has 0 saturated carbocycles. The van der Waals surface area contributed by atoms with Gasteiger partial charge in [-0.15, -0.1) is 5.10 Å². The number of sulfone groups is 1. The molecule has 0 aromatic carbocycles. The Morgan fingerprint density at radius 3 is 2.62 bits per heavy atom. The summed E-state index contributed by atoms with van der Waals surface area (Å²) in [5, 5.41) is 4.95. The molecule has 0 N–H and O–H groups in total. The zero-order valence-corrected chi connectivity index (χ0v) is 20.6. The molecule has 32 heavy (non-hydrogen) atoms. The fourth-order valence-corrected chi connectivity index (χ4v) is 5.99. The van der Waals surface area contributed by atoms with Crippen molar-refractivity contribution in [2.75, 3.05) is 24.4 Å². The maximum Gasteiger partial charge on any atom is 0.310 e. The zero-order chi connectivity index (χ0) is 23.6. The minimum Gasteiger partial charge on any atom is -0.455 e. The number of rotatable bonds is 8. The van der Waals surface area contributed by atoms with Gasteiger partial charge in [-0.3, -0.25) is 9.59 Å². The van der Waals surface area contributed by atoms with Crippen molar-refractivity contribution < 1.29 is 22.7 Å². The Balaban J connectivity index is 1.69. The molecule has 2 aromatic rings. The van der Waals surface area contributed by atoms with Gasteiger partial charge in [-0.05, 0) is 39.9 Å². The van der Waals surface area contributed by atoms with Crippen LogP contribution >= 0.6 is 11.8 Å². The standard InChI is InChI=1S/C20H29N5O5S2/c1-6-12(2)24(15-7-8-32(28,29)11-15)17(26)10-30-18(27)9-16-13(3)21-19-22-20(31-5)23-25(19)14(16)4/h12,15H,6-11H2,1-5H3/t12-,15-/m1/s1. The third-order valence-electron chi connectivity index (χ3n) is 5.85. The van der Waals surface area contributed by atoms with Crippen LogP contribution < -0.4 is 0 Å². The van der Waals surface area contributed by atoms with Crippen LogP contribution in [0.4, 0.5) is 0 Å². The highest BCUT2D eigenvalue weighted by molar-refractivity contribution is 7.98. The number of hydrogen-bond donors (Lipinski definition) is 0. The predicted octanol–water partition coefficient (Wildman–Crippen LogP) is 1.36. The molecule has 1 aliphatic heterocycles. The Bertz CT molecular complexity index is 1130. The minimum absolute atomic E-state index is 0.0446. The van der Waals surface area contributed by atoms with Crippen molar-refractivity contribution in [3.05, 3.63) is 17.0 Å². The number of esters is 1. The number of fused-ring (bicyclic) bond motifs is 1. The molecule has 0 spiro atoms. The van der Waals surface area contributed by atoms with Gasteiger partial charge in [0.1, 0.15) is 0 Å². The first-order chi connectivity index (χ1) is 15.1. The monoisotopic (exact) mass is 483 g/mol. The highest BCUT2D eigenvalue weighted by Gasteiger charge is 2.36. The highest BCUT2D eigenvalue weighted by Crippen LogP contribution is 2.22. The van der Waals surface area contributed by atoms with Crippen molar-refractivity contribution >= 4 is 39.3 Å². The zero-order valence-electron chi connectivity index (χ0n) is 19.0. The molecule has 0 radical (unpaired) electrons. The van der Waals surface area contributed by atoms with E-state index < -0.39 is 22.4 Å². The fourth-order valence-electron chi connectivity index (χ4n) is 3.95. The van der Waals surface area contributed by atoms with Gasteiger partial charge >= 0.3 is 5.97 Å². The summed E-state index contributed by atoms with van der Waals surface area (Å²) >= 11 is 1.40. The SMILES string of the molecule is CC[C@@H](C)N(C(=O)COC(=O)Cc1c(C)nc2nc(SC)nn2c1C)[C@@H]1CCS(=O)(=O)C1. The van der Waals surface area contributed by atoms with Crippen LogP contribution in [0.15, 0.2) is 5.16 Å². The molecule has 1 amide bonds. The van der Waals surface area contributed by atoms with E-state index in [0.29, 0.717) is 35.0 Å². The van der Waals surface area contributed by atoms with E-state index >= 15 is 0 Å². The molecule has 12 heteroatoms. The summed E-state index contributed by atoms with van der Waals surface area (Å²) < 4.78 is 30.6. The molecule has 10 nitrogen and oxygen atoms in total. The van der Waals surface area contributed by atoms with Gasteiger partial charge in [0.2, 0.25) is 5.16 Å². The lowest BCUT2D eigenvalue weighted by Gasteiger charge is -2.33. The number of carbonyl (C=O) groups excluding carboxylic acids is 2. The van der Waals surface area contributed by atoms with Crippen molar-refractivity contribution in [2.24, 2.45) is 0 Å². The van der Waals surface area contributed by atoms with E-state index in [0.717, 1.165) is 5.69 Å². The van der Waals surface area contributed by atoms with Gasteiger partial charge in [-0.1, -0.05) is 18.7 Å². The van der Waals surface area contributed by atoms with E-state index in [-0.39, 0.29) is 35.9 Å². The smallest absolute Gasteiger partial charge is 0.310 e. The third kappa shape index (κ3) is 5.22. The number of thioether (sulfide) groups is 1. The number of aromatic nitrogens is 4. The van der Waals surface area contributed by atoms with Crippen LogP contribution in [0, 0.1) is 13.8 Å². The first-order valence-electron chi connectivity index (χ1n) is 10.5. The second-order valence-electron chi connectivity index (χ2n) is 8.02. The summed E-state index contributed by atoms with van der Waals surface area (Å²) in [7, 11) is -3.14. The Labute approximate surface area is 192 Å².